The smallest absolute Gasteiger partial charge is 0.0174 e. The van der Waals surface area contributed by atoms with E-state index < -0.39 is 0 Å². The molecular formula is C26H30. The summed E-state index contributed by atoms with van der Waals surface area (Å²) in [7, 11) is 0. The number of hydrogen-bond acceptors (Lipinski definition) is 0. The molecule has 0 aliphatic rings. The van der Waals surface area contributed by atoms with Gasteiger partial charge in [-0.05, 0) is 53.7 Å². The first-order chi connectivity index (χ1) is 12.7. The summed E-state index contributed by atoms with van der Waals surface area (Å²) in [4.78, 5) is 0. The molecule has 3 aromatic rings. The Kier molecular flexibility index (Phi) is 6.28. The molecule has 0 spiro atoms. The molecule has 0 unspecified atom stereocenters. The molecule has 0 saturated carbocycles. The molecule has 0 N–H and O–H groups in total. The van der Waals surface area contributed by atoms with E-state index in [0.717, 1.165) is 19.3 Å². The maximum atomic E-state index is 2.36. The van der Waals surface area contributed by atoms with Crippen molar-refractivity contribution in [3.63, 3.8) is 0 Å². The van der Waals surface area contributed by atoms with Crippen LogP contribution < -0.4 is 0 Å². The summed E-state index contributed by atoms with van der Waals surface area (Å²) in [5, 5.41) is 0. The van der Waals surface area contributed by atoms with Gasteiger partial charge in [-0.2, -0.15) is 0 Å². The molecule has 0 heteroatoms. The van der Waals surface area contributed by atoms with E-state index in [4.69, 9.17) is 0 Å². The highest BCUT2D eigenvalue weighted by Gasteiger charge is 2.32. The van der Waals surface area contributed by atoms with Crippen molar-refractivity contribution in [1.29, 1.82) is 0 Å². The average Bonchev–Trinajstić information content (AvgIpc) is 2.63. The molecule has 0 bridgehead atoms. The molecular weight excluding hydrogens is 312 g/mol. The fraction of sp³-hybridized carbons (Fsp3) is 0.308. The van der Waals surface area contributed by atoms with Crippen LogP contribution in [0.3, 0.4) is 0 Å². The summed E-state index contributed by atoms with van der Waals surface area (Å²) >= 11 is 0. The maximum Gasteiger partial charge on any atom is -0.0174 e. The second-order valence-electron chi connectivity index (χ2n) is 8.09. The molecule has 0 nitrogen and oxygen atoms in total. The van der Waals surface area contributed by atoms with Gasteiger partial charge in [0.05, 0.1) is 0 Å². The van der Waals surface area contributed by atoms with E-state index in [1.807, 2.05) is 0 Å². The van der Waals surface area contributed by atoms with E-state index in [0.29, 0.717) is 5.92 Å². The summed E-state index contributed by atoms with van der Waals surface area (Å²) < 4.78 is 0. The molecule has 26 heavy (non-hydrogen) atoms. The van der Waals surface area contributed by atoms with E-state index in [1.54, 1.807) is 0 Å². The van der Waals surface area contributed by atoms with Gasteiger partial charge in [0.1, 0.15) is 0 Å². The summed E-state index contributed by atoms with van der Waals surface area (Å²) in [6.45, 7) is 4.71. The standard InChI is InChI=1S/C26H30/c1-22(2)18-26(19-23-12-6-3-7-13-23,20-24-14-8-4-9-15-24)21-25-16-10-5-11-17-25/h3-17,22H,18-21H2,1-2H3. The predicted octanol–water partition coefficient (Wildman–Crippen LogP) is 6.75. The van der Waals surface area contributed by atoms with Crippen molar-refractivity contribution in [1.82, 2.24) is 0 Å². The quantitative estimate of drug-likeness (QED) is 0.425. The van der Waals surface area contributed by atoms with Gasteiger partial charge < -0.3 is 0 Å². The molecule has 0 fully saturated rings. The molecule has 0 heterocycles. The van der Waals surface area contributed by atoms with Gasteiger partial charge in [-0.15, -0.1) is 0 Å². The molecule has 0 aromatic heterocycles. The predicted molar refractivity (Wildman–Crippen MR) is 112 cm³/mol. The Hall–Kier alpha value is -2.34. The Morgan fingerprint density at radius 2 is 0.846 bits per heavy atom. The van der Waals surface area contributed by atoms with Crippen LogP contribution in [0, 0.1) is 11.3 Å². The highest BCUT2D eigenvalue weighted by Crippen LogP contribution is 2.38. The lowest BCUT2D eigenvalue weighted by Gasteiger charge is -2.36. The number of hydrogen-bond donors (Lipinski definition) is 0. The molecule has 3 rings (SSSR count). The molecule has 3 aromatic carbocycles. The van der Waals surface area contributed by atoms with Crippen LogP contribution in [0.5, 0.6) is 0 Å². The van der Waals surface area contributed by atoms with Crippen molar-refractivity contribution < 1.29 is 0 Å². The van der Waals surface area contributed by atoms with Crippen LogP contribution in [0.4, 0.5) is 0 Å². The van der Waals surface area contributed by atoms with Gasteiger partial charge in [0.25, 0.3) is 0 Å². The second-order valence-corrected chi connectivity index (χ2v) is 8.09. The Morgan fingerprint density at radius 1 is 0.538 bits per heavy atom. The Labute approximate surface area is 158 Å². The summed E-state index contributed by atoms with van der Waals surface area (Å²) in [6, 6.07) is 33.0. The SMILES string of the molecule is CC(C)CC(Cc1ccccc1)(Cc1ccccc1)Cc1ccccc1. The van der Waals surface area contributed by atoms with Crippen molar-refractivity contribution >= 4 is 0 Å². The molecule has 0 amide bonds. The van der Waals surface area contributed by atoms with Crippen LogP contribution >= 0.6 is 0 Å². The van der Waals surface area contributed by atoms with E-state index in [-0.39, 0.29) is 5.41 Å². The third-order valence-electron chi connectivity index (χ3n) is 5.11. The first-order valence-electron chi connectivity index (χ1n) is 9.77. The maximum absolute atomic E-state index is 2.36. The van der Waals surface area contributed by atoms with E-state index >= 15 is 0 Å². The van der Waals surface area contributed by atoms with Crippen LogP contribution in [0.2, 0.25) is 0 Å². The van der Waals surface area contributed by atoms with Crippen molar-refractivity contribution in [3.05, 3.63) is 108 Å². The zero-order valence-corrected chi connectivity index (χ0v) is 16.1. The number of benzene rings is 3. The van der Waals surface area contributed by atoms with Gasteiger partial charge in [0, 0.05) is 0 Å². The van der Waals surface area contributed by atoms with Gasteiger partial charge >= 0.3 is 0 Å². The first-order valence-corrected chi connectivity index (χ1v) is 9.77. The van der Waals surface area contributed by atoms with E-state index in [9.17, 15) is 0 Å². The summed E-state index contributed by atoms with van der Waals surface area (Å²) in [6.07, 6.45) is 4.59. The van der Waals surface area contributed by atoms with Crippen LogP contribution in [0.1, 0.15) is 37.0 Å². The molecule has 0 radical (unpaired) electrons. The van der Waals surface area contributed by atoms with Gasteiger partial charge in [0.2, 0.25) is 0 Å². The fourth-order valence-electron chi connectivity index (χ4n) is 4.36. The second kappa shape index (κ2) is 8.85. The molecule has 134 valence electrons. The van der Waals surface area contributed by atoms with Crippen LogP contribution in [0.15, 0.2) is 91.0 Å². The lowest BCUT2D eigenvalue weighted by Crippen LogP contribution is -2.31. The third-order valence-corrected chi connectivity index (χ3v) is 5.11. The minimum absolute atomic E-state index is 0.234. The zero-order valence-electron chi connectivity index (χ0n) is 16.1. The third kappa shape index (κ3) is 5.33. The Bertz CT molecular complexity index is 655. The number of rotatable bonds is 8. The Morgan fingerprint density at radius 3 is 1.12 bits per heavy atom. The van der Waals surface area contributed by atoms with Crippen LogP contribution in [0.25, 0.3) is 0 Å². The van der Waals surface area contributed by atoms with Gasteiger partial charge in [-0.1, -0.05) is 105 Å². The Balaban J connectivity index is 1.97. The van der Waals surface area contributed by atoms with Gasteiger partial charge in [-0.3, -0.25) is 0 Å². The minimum Gasteiger partial charge on any atom is -0.0628 e. The average molecular weight is 343 g/mol. The molecule has 0 saturated heterocycles. The van der Waals surface area contributed by atoms with Crippen LogP contribution in [-0.4, -0.2) is 0 Å². The summed E-state index contributed by atoms with van der Waals surface area (Å²) in [5.74, 6) is 0.672. The van der Waals surface area contributed by atoms with Gasteiger partial charge in [-0.25, -0.2) is 0 Å². The zero-order chi connectivity index (χ0) is 18.2. The fourth-order valence-corrected chi connectivity index (χ4v) is 4.36. The topological polar surface area (TPSA) is 0 Å². The first kappa shape index (κ1) is 18.5. The molecule has 0 aliphatic carbocycles. The van der Waals surface area contributed by atoms with Crippen molar-refractivity contribution in [2.24, 2.45) is 11.3 Å². The lowest BCUT2D eigenvalue weighted by atomic mass is 9.68. The highest BCUT2D eigenvalue weighted by atomic mass is 14.4. The van der Waals surface area contributed by atoms with Crippen molar-refractivity contribution in [3.8, 4) is 0 Å². The van der Waals surface area contributed by atoms with Crippen molar-refractivity contribution in [2.75, 3.05) is 0 Å². The normalized spacial score (nSPS) is 11.7. The largest absolute Gasteiger partial charge is 0.0628 e. The van der Waals surface area contributed by atoms with Crippen molar-refractivity contribution in [2.45, 2.75) is 39.5 Å². The monoisotopic (exact) mass is 342 g/mol. The molecule has 0 aliphatic heterocycles. The van der Waals surface area contributed by atoms with E-state index in [2.05, 4.69) is 105 Å². The van der Waals surface area contributed by atoms with Crippen LogP contribution in [-0.2, 0) is 19.3 Å². The van der Waals surface area contributed by atoms with E-state index in [1.165, 1.54) is 23.1 Å². The highest BCUT2D eigenvalue weighted by molar-refractivity contribution is 5.24. The summed E-state index contributed by atoms with van der Waals surface area (Å²) in [5.41, 5.74) is 4.57. The molecule has 0 atom stereocenters. The lowest BCUT2D eigenvalue weighted by molar-refractivity contribution is 0.219. The van der Waals surface area contributed by atoms with Gasteiger partial charge in [0.15, 0.2) is 0 Å². The minimum atomic E-state index is 0.234.